The molecule has 1 aromatic carbocycles. The molecule has 0 fully saturated rings. The van der Waals surface area contributed by atoms with Gasteiger partial charge in [-0.25, -0.2) is 0 Å². The Bertz CT molecular complexity index is 717. The van der Waals surface area contributed by atoms with Crippen LogP contribution in [0.1, 0.15) is 10.4 Å². The van der Waals surface area contributed by atoms with E-state index in [0.29, 0.717) is 13.8 Å². The predicted octanol–water partition coefficient (Wildman–Crippen LogP) is 5.21. The number of ketones is 1. The lowest BCUT2D eigenvalue weighted by Gasteiger charge is -2.07. The van der Waals surface area contributed by atoms with Gasteiger partial charge in [-0.3, -0.25) is 14.9 Å². The number of hydrogen-bond donors (Lipinski definition) is 0. The van der Waals surface area contributed by atoms with Crippen LogP contribution in [0.25, 0.3) is 0 Å². The molecule has 0 saturated heterocycles. The maximum atomic E-state index is 12.1. The molecule has 0 aliphatic carbocycles. The quantitative estimate of drug-likeness (QED) is 0.322. The van der Waals surface area contributed by atoms with Crippen molar-refractivity contribution in [3.05, 3.63) is 52.0 Å². The average Bonchev–Trinajstić information content (AvgIpc) is 2.76. The Morgan fingerprint density at radius 3 is 2.57 bits per heavy atom. The van der Waals surface area contributed by atoms with Crippen molar-refractivity contribution in [3.63, 3.8) is 0 Å². The number of ether oxygens (including phenoxy) is 1. The number of hydrogen-bond acceptors (Lipinski definition) is 5. The van der Waals surface area contributed by atoms with Crippen molar-refractivity contribution in [3.8, 4) is 5.75 Å². The third-order valence-electron chi connectivity index (χ3n) is 2.44. The van der Waals surface area contributed by atoms with Crippen molar-refractivity contribution in [2.24, 2.45) is 0 Å². The van der Waals surface area contributed by atoms with E-state index in [0.717, 1.165) is 3.79 Å². The van der Waals surface area contributed by atoms with Crippen LogP contribution in [0.3, 0.4) is 0 Å². The maximum absolute atomic E-state index is 12.1. The summed E-state index contributed by atoms with van der Waals surface area (Å²) in [5.74, 6) is 0.0326. The van der Waals surface area contributed by atoms with Crippen molar-refractivity contribution >= 4 is 70.6 Å². The fraction of sp³-hybridized carbons (Fsp3) is 0.0833. The first kappa shape index (κ1) is 16.6. The van der Waals surface area contributed by atoms with Crippen LogP contribution < -0.4 is 4.74 Å². The van der Waals surface area contributed by atoms with Gasteiger partial charge in [0.25, 0.3) is 5.69 Å². The van der Waals surface area contributed by atoms with Gasteiger partial charge in [0, 0.05) is 11.6 Å². The molecule has 9 heteroatoms. The second-order valence-electron chi connectivity index (χ2n) is 3.82. The molecular weight excluding hydrogens is 494 g/mol. The third kappa shape index (κ3) is 4.12. The van der Waals surface area contributed by atoms with Gasteiger partial charge in [-0.2, -0.15) is 0 Å². The summed E-state index contributed by atoms with van der Waals surface area (Å²) in [4.78, 5) is 22.3. The number of benzene rings is 1. The molecule has 0 aliphatic heterocycles. The van der Waals surface area contributed by atoms with Gasteiger partial charge in [-0.1, -0.05) is 0 Å². The van der Waals surface area contributed by atoms with Crippen LogP contribution in [0.2, 0.25) is 0 Å². The zero-order valence-corrected chi connectivity index (χ0v) is 15.7. The first-order chi connectivity index (χ1) is 9.88. The van der Waals surface area contributed by atoms with Crippen molar-refractivity contribution in [2.45, 2.75) is 0 Å². The molecule has 0 radical (unpaired) electrons. The van der Waals surface area contributed by atoms with E-state index in [-0.39, 0.29) is 23.8 Å². The summed E-state index contributed by atoms with van der Waals surface area (Å²) in [6, 6.07) is 5.83. The molecule has 5 nitrogen and oxygen atoms in total. The highest BCUT2D eigenvalue weighted by Crippen LogP contribution is 2.33. The van der Waals surface area contributed by atoms with Gasteiger partial charge in [0.1, 0.15) is 5.75 Å². The SMILES string of the molecule is O=C(COc1cc([N+](=O)[O-])ccc1Br)c1cc(Br)sc1Br. The Morgan fingerprint density at radius 2 is 2.00 bits per heavy atom. The Morgan fingerprint density at radius 1 is 1.29 bits per heavy atom. The van der Waals surface area contributed by atoms with Crippen LogP contribution in [-0.2, 0) is 0 Å². The summed E-state index contributed by atoms with van der Waals surface area (Å²) in [5, 5.41) is 10.7. The molecule has 2 aromatic rings. The van der Waals surface area contributed by atoms with E-state index < -0.39 is 4.92 Å². The van der Waals surface area contributed by atoms with Gasteiger partial charge < -0.3 is 4.74 Å². The molecule has 0 saturated carbocycles. The Kier molecular flexibility index (Phi) is 5.53. The lowest BCUT2D eigenvalue weighted by Crippen LogP contribution is -2.11. The summed E-state index contributed by atoms with van der Waals surface area (Å²) in [6.45, 7) is -0.207. The zero-order chi connectivity index (χ0) is 15.6. The average molecular weight is 500 g/mol. The molecule has 1 heterocycles. The smallest absolute Gasteiger partial charge is 0.273 e. The molecule has 0 aliphatic rings. The number of carbonyl (C=O) groups excluding carboxylic acids is 1. The third-order valence-corrected chi connectivity index (χ3v) is 5.44. The van der Waals surface area contributed by atoms with E-state index in [9.17, 15) is 14.9 Å². The van der Waals surface area contributed by atoms with E-state index in [1.165, 1.54) is 29.5 Å². The van der Waals surface area contributed by atoms with E-state index in [4.69, 9.17) is 4.74 Å². The molecule has 0 amide bonds. The fourth-order valence-corrected chi connectivity index (χ4v) is 4.68. The Balaban J connectivity index is 2.13. The molecule has 1 aromatic heterocycles. The number of nitrogens with zero attached hydrogens (tertiary/aromatic N) is 1. The number of thiophene rings is 1. The molecular formula is C12H6Br3NO4S. The fourth-order valence-electron chi connectivity index (χ4n) is 1.47. The normalized spacial score (nSPS) is 10.4. The number of Topliss-reactive ketones (excluding diaryl/α,β-unsaturated/α-hetero) is 1. The van der Waals surface area contributed by atoms with Gasteiger partial charge in [-0.05, 0) is 59.9 Å². The first-order valence-electron chi connectivity index (χ1n) is 5.43. The molecule has 0 N–H and O–H groups in total. The first-order valence-corrected chi connectivity index (χ1v) is 8.63. The van der Waals surface area contributed by atoms with Crippen molar-refractivity contribution in [1.29, 1.82) is 0 Å². The van der Waals surface area contributed by atoms with Crippen LogP contribution in [-0.4, -0.2) is 17.3 Å². The van der Waals surface area contributed by atoms with Gasteiger partial charge in [0.2, 0.25) is 5.78 Å². The Hall–Kier alpha value is -0.770. The second kappa shape index (κ2) is 6.99. The van der Waals surface area contributed by atoms with Crippen molar-refractivity contribution in [1.82, 2.24) is 0 Å². The van der Waals surface area contributed by atoms with Crippen LogP contribution in [0, 0.1) is 10.1 Å². The molecule has 0 spiro atoms. The lowest BCUT2D eigenvalue weighted by atomic mass is 10.2. The topological polar surface area (TPSA) is 69.4 Å². The van der Waals surface area contributed by atoms with E-state index in [2.05, 4.69) is 47.8 Å². The molecule has 0 atom stereocenters. The summed E-state index contributed by atoms with van der Waals surface area (Å²) >= 11 is 11.2. The number of nitro groups is 1. The molecule has 0 unspecified atom stereocenters. The number of halogens is 3. The van der Waals surface area contributed by atoms with Gasteiger partial charge in [-0.15, -0.1) is 11.3 Å². The van der Waals surface area contributed by atoms with Crippen molar-refractivity contribution in [2.75, 3.05) is 6.61 Å². The minimum atomic E-state index is -0.520. The highest BCUT2D eigenvalue weighted by Gasteiger charge is 2.16. The molecule has 21 heavy (non-hydrogen) atoms. The number of rotatable bonds is 5. The van der Waals surface area contributed by atoms with E-state index in [1.54, 1.807) is 6.07 Å². The summed E-state index contributed by atoms with van der Waals surface area (Å²) in [5.41, 5.74) is 0.411. The molecule has 0 bridgehead atoms. The summed E-state index contributed by atoms with van der Waals surface area (Å²) < 4.78 is 7.46. The predicted molar refractivity (Wildman–Crippen MR) is 90.3 cm³/mol. The minimum Gasteiger partial charge on any atom is -0.484 e. The monoisotopic (exact) mass is 497 g/mol. The second-order valence-corrected chi connectivity index (χ2v) is 8.43. The number of non-ortho nitro benzene ring substituents is 1. The van der Waals surface area contributed by atoms with Crippen LogP contribution in [0.4, 0.5) is 5.69 Å². The maximum Gasteiger partial charge on any atom is 0.273 e. The van der Waals surface area contributed by atoms with E-state index >= 15 is 0 Å². The molecule has 2 rings (SSSR count). The Labute approximate surface area is 148 Å². The minimum absolute atomic E-state index is 0.0971. The number of nitro benzene ring substituents is 1. The highest BCUT2D eigenvalue weighted by molar-refractivity contribution is 9.12. The largest absolute Gasteiger partial charge is 0.484 e. The molecule has 110 valence electrons. The van der Waals surface area contributed by atoms with Crippen LogP contribution in [0.5, 0.6) is 5.75 Å². The van der Waals surface area contributed by atoms with Gasteiger partial charge >= 0.3 is 0 Å². The van der Waals surface area contributed by atoms with Crippen molar-refractivity contribution < 1.29 is 14.5 Å². The zero-order valence-electron chi connectivity index (χ0n) is 10.1. The van der Waals surface area contributed by atoms with Gasteiger partial charge in [0.05, 0.1) is 23.0 Å². The standard InChI is InChI=1S/C12H6Br3NO4S/c13-8-2-1-6(16(18)19)3-10(8)20-5-9(17)7-4-11(14)21-12(7)15/h1-4H,5H2. The lowest BCUT2D eigenvalue weighted by molar-refractivity contribution is -0.384. The number of carbonyl (C=O) groups is 1. The van der Waals surface area contributed by atoms with Gasteiger partial charge in [0.15, 0.2) is 6.61 Å². The van der Waals surface area contributed by atoms with Crippen LogP contribution >= 0.6 is 59.1 Å². The highest BCUT2D eigenvalue weighted by atomic mass is 79.9. The van der Waals surface area contributed by atoms with E-state index in [1.807, 2.05) is 0 Å². The summed E-state index contributed by atoms with van der Waals surface area (Å²) in [7, 11) is 0. The van der Waals surface area contributed by atoms with Crippen LogP contribution in [0.15, 0.2) is 36.3 Å². The summed E-state index contributed by atoms with van der Waals surface area (Å²) in [6.07, 6.45) is 0.